The summed E-state index contributed by atoms with van der Waals surface area (Å²) in [7, 11) is 0. The standard InChI is InChI=1S/C18H21N3O3.ClH/c1-3-24-17-5-4-13(12(2)22)8-14(17)11-21-18(23)16-6-7-19-9-15(16)10-20-21;/h4-5,8,10,19H,3,6-7,9,11H2,1-2H3;1H. The summed E-state index contributed by atoms with van der Waals surface area (Å²) in [4.78, 5) is 24.3. The van der Waals surface area contributed by atoms with E-state index in [1.165, 1.54) is 11.6 Å². The number of ether oxygens (including phenoxy) is 1. The van der Waals surface area contributed by atoms with Gasteiger partial charge >= 0.3 is 0 Å². The average molecular weight is 364 g/mol. The molecular weight excluding hydrogens is 342 g/mol. The van der Waals surface area contributed by atoms with Crippen LogP contribution < -0.4 is 15.6 Å². The number of halogens is 1. The van der Waals surface area contributed by atoms with Gasteiger partial charge in [-0.15, -0.1) is 12.4 Å². The Balaban J connectivity index is 0.00000225. The molecule has 134 valence electrons. The van der Waals surface area contributed by atoms with Crippen molar-refractivity contribution in [3.05, 3.63) is 57.0 Å². The average Bonchev–Trinajstić information content (AvgIpc) is 2.59. The van der Waals surface area contributed by atoms with Crippen LogP contribution in [0, 0.1) is 0 Å². The Morgan fingerprint density at radius 3 is 2.92 bits per heavy atom. The van der Waals surface area contributed by atoms with Gasteiger partial charge in [0.05, 0.1) is 19.3 Å². The second kappa shape index (κ2) is 8.27. The third kappa shape index (κ3) is 4.08. The Labute approximate surface area is 152 Å². The van der Waals surface area contributed by atoms with E-state index in [1.807, 2.05) is 6.92 Å². The van der Waals surface area contributed by atoms with E-state index in [2.05, 4.69) is 10.4 Å². The molecule has 0 fully saturated rings. The summed E-state index contributed by atoms with van der Waals surface area (Å²) in [5, 5.41) is 7.52. The van der Waals surface area contributed by atoms with Gasteiger partial charge in [0.25, 0.3) is 5.56 Å². The summed E-state index contributed by atoms with van der Waals surface area (Å²) in [5.74, 6) is 0.659. The molecule has 1 aliphatic rings. The quantitative estimate of drug-likeness (QED) is 0.822. The number of carbonyl (C=O) groups excluding carboxylic acids is 1. The van der Waals surface area contributed by atoms with Crippen molar-refractivity contribution >= 4 is 18.2 Å². The molecular formula is C18H22ClN3O3. The fourth-order valence-corrected chi connectivity index (χ4v) is 2.91. The highest BCUT2D eigenvalue weighted by molar-refractivity contribution is 5.94. The maximum absolute atomic E-state index is 12.7. The number of nitrogens with one attached hydrogen (secondary N) is 1. The first-order valence-corrected chi connectivity index (χ1v) is 8.15. The van der Waals surface area contributed by atoms with Crippen LogP contribution >= 0.6 is 12.4 Å². The lowest BCUT2D eigenvalue weighted by molar-refractivity contribution is 0.101. The van der Waals surface area contributed by atoms with Crippen LogP contribution in [-0.4, -0.2) is 28.7 Å². The molecule has 2 heterocycles. The second-order valence-electron chi connectivity index (χ2n) is 5.85. The first-order valence-electron chi connectivity index (χ1n) is 8.15. The van der Waals surface area contributed by atoms with Gasteiger partial charge in [-0.3, -0.25) is 9.59 Å². The minimum atomic E-state index is -0.0651. The van der Waals surface area contributed by atoms with Gasteiger partial charge in [-0.1, -0.05) is 0 Å². The van der Waals surface area contributed by atoms with Crippen molar-refractivity contribution in [2.45, 2.75) is 33.4 Å². The number of carbonyl (C=O) groups is 1. The number of rotatable bonds is 5. The maximum atomic E-state index is 12.7. The number of ketones is 1. The lowest BCUT2D eigenvalue weighted by atomic mass is 10.0. The minimum absolute atomic E-state index is 0. The van der Waals surface area contributed by atoms with Crippen molar-refractivity contribution < 1.29 is 9.53 Å². The lowest BCUT2D eigenvalue weighted by Gasteiger charge is -2.18. The Morgan fingerprint density at radius 2 is 2.20 bits per heavy atom. The molecule has 7 heteroatoms. The topological polar surface area (TPSA) is 73.2 Å². The van der Waals surface area contributed by atoms with E-state index in [-0.39, 0.29) is 30.3 Å². The Morgan fingerprint density at radius 1 is 1.40 bits per heavy atom. The van der Waals surface area contributed by atoms with Gasteiger partial charge in [-0.25, -0.2) is 4.68 Å². The zero-order chi connectivity index (χ0) is 17.1. The van der Waals surface area contributed by atoms with E-state index in [1.54, 1.807) is 24.4 Å². The molecule has 3 rings (SSSR count). The summed E-state index contributed by atoms with van der Waals surface area (Å²) in [5.41, 5.74) is 3.11. The number of hydrogen-bond donors (Lipinski definition) is 1. The van der Waals surface area contributed by atoms with E-state index < -0.39 is 0 Å². The van der Waals surface area contributed by atoms with Crippen LogP contribution in [0.2, 0.25) is 0 Å². The molecule has 0 radical (unpaired) electrons. The van der Waals surface area contributed by atoms with E-state index in [0.717, 1.165) is 23.2 Å². The molecule has 1 aliphatic heterocycles. The van der Waals surface area contributed by atoms with Gasteiger partial charge in [-0.05, 0) is 50.6 Å². The van der Waals surface area contributed by atoms with Crippen LogP contribution in [0.15, 0.2) is 29.2 Å². The molecule has 6 nitrogen and oxygen atoms in total. The Bertz CT molecular complexity index is 833. The summed E-state index contributed by atoms with van der Waals surface area (Å²) in [6, 6.07) is 5.30. The summed E-state index contributed by atoms with van der Waals surface area (Å²) in [6.45, 7) is 5.72. The number of benzene rings is 1. The molecule has 0 amide bonds. The first-order chi connectivity index (χ1) is 11.6. The van der Waals surface area contributed by atoms with E-state index in [4.69, 9.17) is 4.74 Å². The van der Waals surface area contributed by atoms with Crippen molar-refractivity contribution in [2.24, 2.45) is 0 Å². The molecule has 1 aromatic carbocycles. The van der Waals surface area contributed by atoms with Crippen molar-refractivity contribution in [3.8, 4) is 5.75 Å². The van der Waals surface area contributed by atoms with Gasteiger partial charge in [0.15, 0.2) is 5.78 Å². The van der Waals surface area contributed by atoms with Crippen LogP contribution in [0.3, 0.4) is 0 Å². The highest BCUT2D eigenvalue weighted by Gasteiger charge is 2.16. The van der Waals surface area contributed by atoms with Gasteiger partial charge in [0, 0.05) is 23.2 Å². The third-order valence-electron chi connectivity index (χ3n) is 4.19. The fraction of sp³-hybridized carbons (Fsp3) is 0.389. The van der Waals surface area contributed by atoms with Gasteiger partial charge in [0.2, 0.25) is 0 Å². The predicted molar refractivity (Wildman–Crippen MR) is 97.9 cm³/mol. The van der Waals surface area contributed by atoms with Gasteiger partial charge < -0.3 is 10.1 Å². The zero-order valence-electron chi connectivity index (χ0n) is 14.4. The highest BCUT2D eigenvalue weighted by Crippen LogP contribution is 2.21. The molecule has 0 saturated carbocycles. The SMILES string of the molecule is CCOc1ccc(C(C)=O)cc1Cn1ncc2c(c1=O)CCNC2.Cl. The normalized spacial score (nSPS) is 12.9. The van der Waals surface area contributed by atoms with Crippen LogP contribution in [0.5, 0.6) is 5.75 Å². The van der Waals surface area contributed by atoms with Crippen LogP contribution in [0.1, 0.15) is 40.9 Å². The number of aromatic nitrogens is 2. The predicted octanol–water partition coefficient (Wildman–Crippen LogP) is 1.96. The molecule has 0 spiro atoms. The number of fused-ring (bicyclic) bond motifs is 1. The molecule has 1 N–H and O–H groups in total. The maximum Gasteiger partial charge on any atom is 0.270 e. The third-order valence-corrected chi connectivity index (χ3v) is 4.19. The molecule has 2 aromatic rings. The van der Waals surface area contributed by atoms with E-state index in [0.29, 0.717) is 30.9 Å². The number of Topliss-reactive ketones (excluding diaryl/α,β-unsaturated/α-hetero) is 1. The first kappa shape index (κ1) is 19.1. The molecule has 0 atom stereocenters. The van der Waals surface area contributed by atoms with E-state index >= 15 is 0 Å². The second-order valence-corrected chi connectivity index (χ2v) is 5.85. The number of hydrogen-bond acceptors (Lipinski definition) is 5. The molecule has 25 heavy (non-hydrogen) atoms. The van der Waals surface area contributed by atoms with Crippen LogP contribution in [0.4, 0.5) is 0 Å². The molecule has 0 aliphatic carbocycles. The monoisotopic (exact) mass is 363 g/mol. The fourth-order valence-electron chi connectivity index (χ4n) is 2.91. The minimum Gasteiger partial charge on any atom is -0.494 e. The zero-order valence-corrected chi connectivity index (χ0v) is 15.2. The Kier molecular flexibility index (Phi) is 6.33. The van der Waals surface area contributed by atoms with Crippen LogP contribution in [0.25, 0.3) is 0 Å². The molecule has 1 aromatic heterocycles. The van der Waals surface area contributed by atoms with Crippen molar-refractivity contribution in [1.82, 2.24) is 15.1 Å². The van der Waals surface area contributed by atoms with Crippen molar-refractivity contribution in [1.29, 1.82) is 0 Å². The van der Waals surface area contributed by atoms with Crippen LogP contribution in [-0.2, 0) is 19.5 Å². The van der Waals surface area contributed by atoms with Crippen molar-refractivity contribution in [3.63, 3.8) is 0 Å². The molecule has 0 bridgehead atoms. The van der Waals surface area contributed by atoms with Crippen molar-refractivity contribution in [2.75, 3.05) is 13.2 Å². The molecule has 0 unspecified atom stereocenters. The van der Waals surface area contributed by atoms with Gasteiger partial charge in [-0.2, -0.15) is 5.10 Å². The Hall–Kier alpha value is -2.18. The highest BCUT2D eigenvalue weighted by atomic mass is 35.5. The smallest absolute Gasteiger partial charge is 0.270 e. The van der Waals surface area contributed by atoms with E-state index in [9.17, 15) is 9.59 Å². The molecule has 0 saturated heterocycles. The lowest BCUT2D eigenvalue weighted by Crippen LogP contribution is -2.34. The summed E-state index contributed by atoms with van der Waals surface area (Å²) < 4.78 is 7.08. The summed E-state index contributed by atoms with van der Waals surface area (Å²) >= 11 is 0. The van der Waals surface area contributed by atoms with Gasteiger partial charge in [0.1, 0.15) is 5.75 Å². The summed E-state index contributed by atoms with van der Waals surface area (Å²) in [6.07, 6.45) is 2.46. The number of nitrogens with zero attached hydrogens (tertiary/aromatic N) is 2. The largest absolute Gasteiger partial charge is 0.494 e.